The number of aromatic nitrogens is 6. The number of hydrogen-bond acceptors (Lipinski definition) is 8. The molecule has 0 aliphatic carbocycles. The topological polar surface area (TPSA) is 120 Å². The van der Waals surface area contributed by atoms with Crippen molar-refractivity contribution < 1.29 is 13.9 Å². The molecule has 10 nitrogen and oxygen atoms in total. The highest BCUT2D eigenvalue weighted by molar-refractivity contribution is 5.89. The minimum absolute atomic E-state index is 0.230. The molecule has 2 N–H and O–H groups in total. The molecule has 0 fully saturated rings. The number of benzene rings is 1. The Balaban J connectivity index is 1.59. The van der Waals surface area contributed by atoms with Gasteiger partial charge in [0.05, 0.1) is 25.7 Å². The van der Waals surface area contributed by atoms with Crippen LogP contribution in [0.2, 0.25) is 0 Å². The molecule has 37 heavy (non-hydrogen) atoms. The highest BCUT2D eigenvalue weighted by atomic mass is 19.1. The fourth-order valence-electron chi connectivity index (χ4n) is 3.75. The number of pyridine rings is 2. The van der Waals surface area contributed by atoms with Crippen LogP contribution in [-0.2, 0) is 11.3 Å². The van der Waals surface area contributed by atoms with Gasteiger partial charge in [0, 0.05) is 24.9 Å². The number of methoxy groups -OCH3 is 1. The third kappa shape index (κ3) is 5.20. The summed E-state index contributed by atoms with van der Waals surface area (Å²) in [5.74, 6) is 1.26. The maximum Gasteiger partial charge on any atom is 0.222 e. The molecule has 5 aromatic rings. The van der Waals surface area contributed by atoms with Gasteiger partial charge < -0.3 is 19.9 Å². The molecule has 0 aliphatic heterocycles. The van der Waals surface area contributed by atoms with E-state index in [1.807, 2.05) is 28.8 Å². The Labute approximate surface area is 211 Å². The van der Waals surface area contributed by atoms with Gasteiger partial charge in [-0.1, -0.05) is 12.1 Å². The minimum Gasteiger partial charge on any atom is -0.497 e. The van der Waals surface area contributed by atoms with Crippen LogP contribution >= 0.6 is 0 Å². The maximum atomic E-state index is 13.9. The summed E-state index contributed by atoms with van der Waals surface area (Å²) in [5, 5.41) is 5.91. The number of rotatable bonds is 7. The second-order valence-electron chi connectivity index (χ2n) is 8.29. The number of halogens is 1. The number of carbonyl (C=O) groups is 1. The second kappa shape index (κ2) is 9.97. The lowest BCUT2D eigenvalue weighted by Gasteiger charge is -2.11. The van der Waals surface area contributed by atoms with E-state index in [2.05, 4.69) is 30.6 Å². The average Bonchev–Trinajstić information content (AvgIpc) is 3.29. The molecule has 0 unspecified atom stereocenters. The predicted molar refractivity (Wildman–Crippen MR) is 137 cm³/mol. The normalized spacial score (nSPS) is 10.9. The Bertz CT molecular complexity index is 1600. The lowest BCUT2D eigenvalue weighted by molar-refractivity contribution is -0.114. The first kappa shape index (κ1) is 23.8. The van der Waals surface area contributed by atoms with Crippen molar-refractivity contribution in [1.29, 1.82) is 0 Å². The van der Waals surface area contributed by atoms with Gasteiger partial charge >= 0.3 is 0 Å². The Morgan fingerprint density at radius 3 is 2.59 bits per heavy atom. The largest absolute Gasteiger partial charge is 0.497 e. The Morgan fingerprint density at radius 1 is 1.05 bits per heavy atom. The monoisotopic (exact) mass is 498 g/mol. The van der Waals surface area contributed by atoms with E-state index < -0.39 is 5.82 Å². The molecule has 0 saturated carbocycles. The molecular weight excluding hydrogens is 475 g/mol. The van der Waals surface area contributed by atoms with Crippen LogP contribution in [0.15, 0.2) is 61.1 Å². The molecule has 0 radical (unpaired) electrons. The average molecular weight is 499 g/mol. The zero-order valence-corrected chi connectivity index (χ0v) is 20.4. The van der Waals surface area contributed by atoms with Gasteiger partial charge in [0.15, 0.2) is 22.8 Å². The first-order chi connectivity index (χ1) is 17.9. The van der Waals surface area contributed by atoms with E-state index in [9.17, 15) is 9.18 Å². The summed E-state index contributed by atoms with van der Waals surface area (Å²) in [4.78, 5) is 33.9. The highest BCUT2D eigenvalue weighted by Gasteiger charge is 2.17. The van der Waals surface area contributed by atoms with Gasteiger partial charge in [0.2, 0.25) is 5.91 Å². The van der Waals surface area contributed by atoms with Crippen LogP contribution in [0.4, 0.5) is 21.7 Å². The van der Waals surface area contributed by atoms with Crippen LogP contribution in [0.5, 0.6) is 5.75 Å². The fourth-order valence-corrected chi connectivity index (χ4v) is 3.75. The smallest absolute Gasteiger partial charge is 0.222 e. The van der Waals surface area contributed by atoms with Crippen LogP contribution in [0.3, 0.4) is 0 Å². The molecule has 1 aromatic carbocycles. The highest BCUT2D eigenvalue weighted by Crippen LogP contribution is 2.27. The van der Waals surface area contributed by atoms with Crippen LogP contribution in [0.25, 0.3) is 22.7 Å². The number of amides is 1. The molecule has 5 rings (SSSR count). The maximum absolute atomic E-state index is 13.9. The van der Waals surface area contributed by atoms with Gasteiger partial charge in [0.25, 0.3) is 0 Å². The molecule has 4 aromatic heterocycles. The van der Waals surface area contributed by atoms with Crippen molar-refractivity contribution in [2.75, 3.05) is 17.7 Å². The Morgan fingerprint density at radius 2 is 1.86 bits per heavy atom. The summed E-state index contributed by atoms with van der Waals surface area (Å²) in [5.41, 5.74) is 3.45. The standard InChI is InChI=1S/C26H23FN8O2/c1-15-20(27)8-9-21(30-15)24-33-25(32-18-10-11-28-22(12-18)31-16(2)36)23-26(34-24)35(14-29-23)13-17-4-6-19(37-3)7-5-17/h4-12,14H,13H2,1-3H3,(H2,28,31,32,33,34,36). The number of hydrogen-bond donors (Lipinski definition) is 2. The third-order valence-corrected chi connectivity index (χ3v) is 5.55. The van der Waals surface area contributed by atoms with Crippen molar-refractivity contribution in [2.45, 2.75) is 20.4 Å². The van der Waals surface area contributed by atoms with Gasteiger partial charge in [-0.25, -0.2) is 29.3 Å². The minimum atomic E-state index is -0.407. The number of fused-ring (bicyclic) bond motifs is 1. The van der Waals surface area contributed by atoms with Crippen molar-refractivity contribution in [3.05, 3.63) is 78.1 Å². The van der Waals surface area contributed by atoms with E-state index >= 15 is 0 Å². The van der Waals surface area contributed by atoms with Gasteiger partial charge in [0.1, 0.15) is 23.1 Å². The van der Waals surface area contributed by atoms with Crippen LogP contribution < -0.4 is 15.4 Å². The van der Waals surface area contributed by atoms with Crippen molar-refractivity contribution in [3.8, 4) is 17.3 Å². The Hall–Kier alpha value is -4.93. The van der Waals surface area contributed by atoms with Gasteiger partial charge in [-0.2, -0.15) is 0 Å². The lowest BCUT2D eigenvalue weighted by atomic mass is 10.2. The second-order valence-corrected chi connectivity index (χ2v) is 8.29. The number of anilines is 3. The summed E-state index contributed by atoms with van der Waals surface area (Å²) in [6.45, 7) is 3.51. The number of imidazole rings is 1. The number of ether oxygens (including phenoxy) is 1. The van der Waals surface area contributed by atoms with Gasteiger partial charge in [-0.15, -0.1) is 0 Å². The number of nitrogens with zero attached hydrogens (tertiary/aromatic N) is 6. The zero-order valence-electron chi connectivity index (χ0n) is 20.4. The summed E-state index contributed by atoms with van der Waals surface area (Å²) in [7, 11) is 1.62. The fraction of sp³-hybridized carbons (Fsp3) is 0.154. The zero-order chi connectivity index (χ0) is 25.9. The number of aryl methyl sites for hydroxylation is 1. The van der Waals surface area contributed by atoms with Crippen molar-refractivity contribution in [3.63, 3.8) is 0 Å². The van der Waals surface area contributed by atoms with E-state index in [0.29, 0.717) is 46.6 Å². The van der Waals surface area contributed by atoms with Crippen molar-refractivity contribution >= 4 is 34.4 Å². The van der Waals surface area contributed by atoms with Crippen molar-refractivity contribution in [2.24, 2.45) is 0 Å². The van der Waals surface area contributed by atoms with Crippen molar-refractivity contribution in [1.82, 2.24) is 29.5 Å². The summed E-state index contributed by atoms with van der Waals surface area (Å²) in [6.07, 6.45) is 3.26. The molecular formula is C26H23FN8O2. The van der Waals surface area contributed by atoms with E-state index in [4.69, 9.17) is 9.72 Å². The lowest BCUT2D eigenvalue weighted by Crippen LogP contribution is -2.08. The first-order valence-electron chi connectivity index (χ1n) is 11.4. The third-order valence-electron chi connectivity index (χ3n) is 5.55. The van der Waals surface area contributed by atoms with E-state index in [-0.39, 0.29) is 11.6 Å². The van der Waals surface area contributed by atoms with E-state index in [1.54, 1.807) is 44.8 Å². The molecule has 0 bridgehead atoms. The molecule has 0 aliphatic rings. The molecule has 0 spiro atoms. The van der Waals surface area contributed by atoms with E-state index in [1.165, 1.54) is 13.0 Å². The molecule has 11 heteroatoms. The number of carbonyl (C=O) groups excluding carboxylic acids is 1. The van der Waals surface area contributed by atoms with Gasteiger partial charge in [-0.3, -0.25) is 4.79 Å². The first-order valence-corrected chi connectivity index (χ1v) is 11.4. The molecule has 1 amide bonds. The summed E-state index contributed by atoms with van der Waals surface area (Å²) >= 11 is 0. The molecule has 4 heterocycles. The molecule has 186 valence electrons. The summed E-state index contributed by atoms with van der Waals surface area (Å²) in [6, 6.07) is 14.0. The molecule has 0 atom stereocenters. The summed E-state index contributed by atoms with van der Waals surface area (Å²) < 4.78 is 21.1. The quantitative estimate of drug-likeness (QED) is 0.337. The predicted octanol–water partition coefficient (Wildman–Crippen LogP) is 4.49. The molecule has 0 saturated heterocycles. The van der Waals surface area contributed by atoms with Crippen LogP contribution in [0.1, 0.15) is 18.2 Å². The van der Waals surface area contributed by atoms with Gasteiger partial charge in [-0.05, 0) is 42.8 Å². The van der Waals surface area contributed by atoms with Crippen LogP contribution in [0, 0.1) is 12.7 Å². The van der Waals surface area contributed by atoms with E-state index in [0.717, 1.165) is 11.3 Å². The number of nitrogens with one attached hydrogen (secondary N) is 2. The SMILES string of the molecule is COc1ccc(Cn2cnc3c(Nc4ccnc(NC(C)=O)c4)nc(-c4ccc(F)c(C)n4)nc32)cc1. The van der Waals surface area contributed by atoms with Crippen LogP contribution in [-0.4, -0.2) is 42.5 Å². The Kier molecular flexibility index (Phi) is 6.42.